The van der Waals surface area contributed by atoms with E-state index in [2.05, 4.69) is 10.6 Å². The number of carbonyl (C=O) groups excluding carboxylic acids is 1. The number of piperidine rings is 1. The Labute approximate surface area is 135 Å². The van der Waals surface area contributed by atoms with Crippen molar-refractivity contribution in [1.29, 1.82) is 0 Å². The van der Waals surface area contributed by atoms with Crippen molar-refractivity contribution in [2.75, 3.05) is 26.2 Å². The topological polar surface area (TPSA) is 44.4 Å². The molecule has 3 rings (SSSR count). The van der Waals surface area contributed by atoms with Gasteiger partial charge in [-0.1, -0.05) is 0 Å². The van der Waals surface area contributed by atoms with E-state index in [0.717, 1.165) is 13.0 Å². The standard InChI is InChI=1S/C16H26F3N3O/c1-11(12-2-6-22(7-3-12)10-16(17,18)19)21-14(23)13-8-15(4-5-15)9-20-13/h11-13,20H,2-10H2,1H3,(H,21,23)/t11?,13-/m0/s1. The van der Waals surface area contributed by atoms with Crippen LogP contribution in [-0.4, -0.2) is 55.2 Å². The summed E-state index contributed by atoms with van der Waals surface area (Å²) in [7, 11) is 0. The molecule has 1 spiro atoms. The van der Waals surface area contributed by atoms with Crippen molar-refractivity contribution < 1.29 is 18.0 Å². The van der Waals surface area contributed by atoms with Crippen molar-refractivity contribution in [2.24, 2.45) is 11.3 Å². The Kier molecular flexibility index (Phi) is 4.62. The zero-order valence-electron chi connectivity index (χ0n) is 13.6. The average Bonchev–Trinajstić information content (AvgIpc) is 3.07. The molecule has 1 aliphatic carbocycles. The number of nitrogens with one attached hydrogen (secondary N) is 2. The van der Waals surface area contributed by atoms with Gasteiger partial charge in [0.1, 0.15) is 0 Å². The van der Waals surface area contributed by atoms with Crippen molar-refractivity contribution in [3.63, 3.8) is 0 Å². The molecule has 2 N–H and O–H groups in total. The number of hydrogen-bond donors (Lipinski definition) is 2. The molecule has 3 fully saturated rings. The number of rotatable bonds is 4. The van der Waals surface area contributed by atoms with Crippen LogP contribution in [-0.2, 0) is 4.79 Å². The van der Waals surface area contributed by atoms with Gasteiger partial charge in [-0.25, -0.2) is 0 Å². The van der Waals surface area contributed by atoms with Gasteiger partial charge in [-0.2, -0.15) is 13.2 Å². The molecule has 2 aliphatic heterocycles. The monoisotopic (exact) mass is 333 g/mol. The minimum absolute atomic E-state index is 0.0214. The number of halogens is 3. The van der Waals surface area contributed by atoms with Gasteiger partial charge in [0, 0.05) is 12.6 Å². The lowest BCUT2D eigenvalue weighted by Gasteiger charge is -2.35. The summed E-state index contributed by atoms with van der Waals surface area (Å²) in [5.74, 6) is 0.318. The fourth-order valence-electron chi connectivity index (χ4n) is 3.97. The van der Waals surface area contributed by atoms with E-state index >= 15 is 0 Å². The maximum atomic E-state index is 12.4. The second-order valence-corrected chi connectivity index (χ2v) is 7.66. The number of hydrogen-bond acceptors (Lipinski definition) is 3. The molecule has 0 radical (unpaired) electrons. The first-order valence-electron chi connectivity index (χ1n) is 8.59. The Morgan fingerprint density at radius 1 is 1.35 bits per heavy atom. The van der Waals surface area contributed by atoms with Crippen LogP contribution in [0.5, 0.6) is 0 Å². The van der Waals surface area contributed by atoms with Crippen molar-refractivity contribution in [2.45, 2.75) is 57.3 Å². The second kappa shape index (κ2) is 6.24. The SMILES string of the molecule is CC(NC(=O)[C@@H]1CC2(CC2)CN1)C1CCN(CC(F)(F)F)CC1. The molecule has 3 aliphatic rings. The van der Waals surface area contributed by atoms with Crippen LogP contribution in [0.3, 0.4) is 0 Å². The van der Waals surface area contributed by atoms with E-state index in [-0.39, 0.29) is 23.9 Å². The largest absolute Gasteiger partial charge is 0.401 e. The fraction of sp³-hybridized carbons (Fsp3) is 0.938. The second-order valence-electron chi connectivity index (χ2n) is 7.66. The third-order valence-corrected chi connectivity index (χ3v) is 5.75. The van der Waals surface area contributed by atoms with Crippen LogP contribution in [0.25, 0.3) is 0 Å². The average molecular weight is 333 g/mol. The van der Waals surface area contributed by atoms with Crippen LogP contribution in [0.2, 0.25) is 0 Å². The van der Waals surface area contributed by atoms with Crippen LogP contribution < -0.4 is 10.6 Å². The number of amides is 1. The van der Waals surface area contributed by atoms with Gasteiger partial charge in [0.05, 0.1) is 12.6 Å². The van der Waals surface area contributed by atoms with E-state index in [9.17, 15) is 18.0 Å². The summed E-state index contributed by atoms with van der Waals surface area (Å²) in [5.41, 5.74) is 0.383. The summed E-state index contributed by atoms with van der Waals surface area (Å²) in [4.78, 5) is 13.8. The summed E-state index contributed by atoms with van der Waals surface area (Å²) in [6.45, 7) is 3.00. The quantitative estimate of drug-likeness (QED) is 0.826. The number of nitrogens with zero attached hydrogens (tertiary/aromatic N) is 1. The van der Waals surface area contributed by atoms with E-state index in [1.165, 1.54) is 17.7 Å². The predicted molar refractivity (Wildman–Crippen MR) is 80.9 cm³/mol. The molecule has 1 saturated carbocycles. The highest BCUT2D eigenvalue weighted by Gasteiger charge is 2.50. The van der Waals surface area contributed by atoms with Crippen molar-refractivity contribution in [3.8, 4) is 0 Å². The fourth-order valence-corrected chi connectivity index (χ4v) is 3.97. The van der Waals surface area contributed by atoms with Gasteiger partial charge in [0.2, 0.25) is 5.91 Å². The molecule has 0 aromatic heterocycles. The summed E-state index contributed by atoms with van der Waals surface area (Å²) in [6.07, 6.45) is 0.655. The molecule has 2 saturated heterocycles. The molecule has 23 heavy (non-hydrogen) atoms. The minimum atomic E-state index is -4.13. The van der Waals surface area contributed by atoms with Gasteiger partial charge < -0.3 is 10.6 Å². The van der Waals surface area contributed by atoms with Gasteiger partial charge in [0.15, 0.2) is 0 Å². The lowest BCUT2D eigenvalue weighted by atomic mass is 9.90. The highest BCUT2D eigenvalue weighted by Crippen LogP contribution is 2.51. The lowest BCUT2D eigenvalue weighted by Crippen LogP contribution is -2.49. The van der Waals surface area contributed by atoms with Gasteiger partial charge >= 0.3 is 6.18 Å². The smallest absolute Gasteiger partial charge is 0.352 e. The molecule has 0 bridgehead atoms. The summed E-state index contributed by atoms with van der Waals surface area (Å²) < 4.78 is 37.2. The maximum absolute atomic E-state index is 12.4. The molecule has 7 heteroatoms. The normalized spacial score (nSPS) is 29.7. The van der Waals surface area contributed by atoms with Crippen molar-refractivity contribution in [1.82, 2.24) is 15.5 Å². The maximum Gasteiger partial charge on any atom is 0.401 e. The molecule has 1 unspecified atom stereocenters. The van der Waals surface area contributed by atoms with Crippen LogP contribution in [0.1, 0.15) is 39.0 Å². The first-order chi connectivity index (χ1) is 10.8. The third kappa shape index (κ3) is 4.38. The van der Waals surface area contributed by atoms with Crippen LogP contribution in [0, 0.1) is 11.3 Å². The molecule has 2 heterocycles. The summed E-state index contributed by atoms with van der Waals surface area (Å²) in [6, 6.07) is -0.0710. The van der Waals surface area contributed by atoms with Gasteiger partial charge in [-0.15, -0.1) is 0 Å². The number of likely N-dealkylation sites (tertiary alicyclic amines) is 1. The zero-order valence-corrected chi connectivity index (χ0v) is 13.6. The van der Waals surface area contributed by atoms with Crippen molar-refractivity contribution >= 4 is 5.91 Å². The van der Waals surface area contributed by atoms with E-state index in [1.807, 2.05) is 6.92 Å². The first kappa shape index (κ1) is 17.0. The van der Waals surface area contributed by atoms with E-state index < -0.39 is 12.7 Å². The Hall–Kier alpha value is -0.820. The molecule has 0 aromatic carbocycles. The van der Waals surface area contributed by atoms with Crippen LogP contribution in [0.15, 0.2) is 0 Å². The molecule has 0 aromatic rings. The van der Waals surface area contributed by atoms with Crippen molar-refractivity contribution in [3.05, 3.63) is 0 Å². The van der Waals surface area contributed by atoms with E-state index in [4.69, 9.17) is 0 Å². The van der Waals surface area contributed by atoms with Crippen LogP contribution in [0.4, 0.5) is 13.2 Å². The minimum Gasteiger partial charge on any atom is -0.352 e. The predicted octanol–water partition coefficient (Wildman–Crippen LogP) is 1.91. The van der Waals surface area contributed by atoms with Crippen LogP contribution >= 0.6 is 0 Å². The number of alkyl halides is 3. The zero-order chi connectivity index (χ0) is 16.7. The lowest BCUT2D eigenvalue weighted by molar-refractivity contribution is -0.148. The molecule has 4 nitrogen and oxygen atoms in total. The highest BCUT2D eigenvalue weighted by atomic mass is 19.4. The Morgan fingerprint density at radius 3 is 2.52 bits per heavy atom. The molecule has 1 amide bonds. The molecular formula is C16H26F3N3O. The van der Waals surface area contributed by atoms with Gasteiger partial charge in [0.25, 0.3) is 0 Å². The Morgan fingerprint density at radius 2 is 2.00 bits per heavy atom. The third-order valence-electron chi connectivity index (χ3n) is 5.75. The Bertz CT molecular complexity index is 442. The molecular weight excluding hydrogens is 307 g/mol. The van der Waals surface area contributed by atoms with Gasteiger partial charge in [-0.05, 0) is 63.5 Å². The summed E-state index contributed by atoms with van der Waals surface area (Å²) in [5, 5.41) is 6.38. The van der Waals surface area contributed by atoms with Gasteiger partial charge in [-0.3, -0.25) is 9.69 Å². The summed E-state index contributed by atoms with van der Waals surface area (Å²) >= 11 is 0. The molecule has 132 valence electrons. The van der Waals surface area contributed by atoms with E-state index in [0.29, 0.717) is 31.3 Å². The van der Waals surface area contributed by atoms with E-state index in [1.54, 1.807) is 0 Å². The first-order valence-corrected chi connectivity index (χ1v) is 8.59. The highest BCUT2D eigenvalue weighted by molar-refractivity contribution is 5.82. The Balaban J connectivity index is 1.41. The number of carbonyl (C=O) groups is 1. The molecule has 2 atom stereocenters.